The van der Waals surface area contributed by atoms with Crippen LogP contribution in [0.2, 0.25) is 0 Å². The third-order valence-corrected chi connectivity index (χ3v) is 2.74. The number of hydrogen-bond acceptors (Lipinski definition) is 2. The predicted octanol–water partition coefficient (Wildman–Crippen LogP) is 2.03. The second-order valence-electron chi connectivity index (χ2n) is 3.94. The minimum Gasteiger partial charge on any atom is -0.341 e. The van der Waals surface area contributed by atoms with Gasteiger partial charge in [-0.25, -0.2) is 13.8 Å². The summed E-state index contributed by atoms with van der Waals surface area (Å²) >= 11 is 0. The number of rotatable bonds is 3. The molecule has 0 aromatic carbocycles. The number of piperidine rings is 1. The molecule has 0 spiro atoms. The number of nitrogens with zero attached hydrogens (tertiary/aromatic N) is 1. The van der Waals surface area contributed by atoms with E-state index in [-0.39, 0.29) is 5.69 Å². The van der Waals surface area contributed by atoms with Crippen LogP contribution in [0.25, 0.3) is 0 Å². The number of H-pyrrole nitrogens is 1. The largest absolute Gasteiger partial charge is 0.341 e. The number of aromatic nitrogens is 2. The fraction of sp³-hybridized carbons (Fsp3) is 0.700. The van der Waals surface area contributed by atoms with Crippen molar-refractivity contribution >= 4 is 0 Å². The maximum absolute atomic E-state index is 12.3. The van der Waals surface area contributed by atoms with Gasteiger partial charge in [-0.05, 0) is 19.4 Å². The average Bonchev–Trinajstić information content (AvgIpc) is 2.68. The van der Waals surface area contributed by atoms with Crippen LogP contribution in [0.4, 0.5) is 8.78 Å². The van der Waals surface area contributed by atoms with Crippen molar-refractivity contribution in [2.24, 2.45) is 0 Å². The molecule has 1 aliphatic heterocycles. The first-order valence-electron chi connectivity index (χ1n) is 5.31. The zero-order chi connectivity index (χ0) is 10.7. The van der Waals surface area contributed by atoms with Crippen molar-refractivity contribution in [3.63, 3.8) is 0 Å². The molecule has 1 aromatic heterocycles. The van der Waals surface area contributed by atoms with E-state index in [0.29, 0.717) is 18.3 Å². The summed E-state index contributed by atoms with van der Waals surface area (Å²) in [5, 5.41) is 3.36. The molecule has 0 saturated carbocycles. The van der Waals surface area contributed by atoms with Gasteiger partial charge in [-0.2, -0.15) is 0 Å². The third-order valence-electron chi connectivity index (χ3n) is 2.74. The molecule has 5 heteroatoms. The van der Waals surface area contributed by atoms with E-state index in [4.69, 9.17) is 0 Å². The minimum absolute atomic E-state index is 0.0826. The van der Waals surface area contributed by atoms with Crippen molar-refractivity contribution in [3.8, 4) is 0 Å². The maximum atomic E-state index is 12.3. The zero-order valence-corrected chi connectivity index (χ0v) is 8.47. The molecule has 2 N–H and O–H groups in total. The molecule has 15 heavy (non-hydrogen) atoms. The van der Waals surface area contributed by atoms with Crippen LogP contribution in [0.15, 0.2) is 6.20 Å². The molecule has 1 unspecified atom stereocenters. The Morgan fingerprint density at radius 1 is 1.47 bits per heavy atom. The number of hydrogen-bond donors (Lipinski definition) is 2. The summed E-state index contributed by atoms with van der Waals surface area (Å²) in [4.78, 5) is 6.61. The van der Waals surface area contributed by atoms with Gasteiger partial charge in [0.05, 0.1) is 6.20 Å². The van der Waals surface area contributed by atoms with Gasteiger partial charge in [0.2, 0.25) is 0 Å². The molecule has 1 aromatic rings. The summed E-state index contributed by atoms with van der Waals surface area (Å²) in [7, 11) is 0. The summed E-state index contributed by atoms with van der Waals surface area (Å²) in [6.45, 7) is 1.02. The predicted molar refractivity (Wildman–Crippen MR) is 52.9 cm³/mol. The Bertz CT molecular complexity index is 305. The zero-order valence-electron chi connectivity index (χ0n) is 8.47. The Hall–Kier alpha value is -0.970. The molecule has 1 fully saturated rings. The number of nitrogens with one attached hydrogen (secondary N) is 2. The van der Waals surface area contributed by atoms with Crippen LogP contribution in [0, 0.1) is 0 Å². The highest BCUT2D eigenvalue weighted by atomic mass is 19.3. The smallest absolute Gasteiger partial charge is 0.279 e. The number of aromatic amines is 1. The molecule has 0 radical (unpaired) electrons. The van der Waals surface area contributed by atoms with Gasteiger partial charge in [0.1, 0.15) is 11.5 Å². The van der Waals surface area contributed by atoms with Crippen molar-refractivity contribution in [3.05, 3.63) is 17.7 Å². The lowest BCUT2D eigenvalue weighted by molar-refractivity contribution is 0.146. The summed E-state index contributed by atoms with van der Waals surface area (Å²) in [5.74, 6) is 0.657. The second kappa shape index (κ2) is 4.70. The lowest BCUT2D eigenvalue weighted by Crippen LogP contribution is -2.35. The molecule has 1 aliphatic rings. The third kappa shape index (κ3) is 2.75. The van der Waals surface area contributed by atoms with Crippen molar-refractivity contribution < 1.29 is 8.78 Å². The van der Waals surface area contributed by atoms with Gasteiger partial charge in [-0.15, -0.1) is 0 Å². The molecular formula is C10H15F2N3. The van der Waals surface area contributed by atoms with E-state index in [1.165, 1.54) is 19.0 Å². The second-order valence-corrected chi connectivity index (χ2v) is 3.94. The Balaban J connectivity index is 1.91. The Kier molecular flexibility index (Phi) is 3.30. The first kappa shape index (κ1) is 10.5. The highest BCUT2D eigenvalue weighted by Crippen LogP contribution is 2.17. The van der Waals surface area contributed by atoms with Crippen molar-refractivity contribution in [2.75, 3.05) is 6.54 Å². The molecular weight excluding hydrogens is 200 g/mol. The maximum Gasteiger partial charge on any atom is 0.279 e. The average molecular weight is 215 g/mol. The quantitative estimate of drug-likeness (QED) is 0.810. The van der Waals surface area contributed by atoms with Crippen LogP contribution in [0.5, 0.6) is 0 Å². The molecule has 84 valence electrons. The summed E-state index contributed by atoms with van der Waals surface area (Å²) < 4.78 is 24.5. The van der Waals surface area contributed by atoms with E-state index in [1.54, 1.807) is 0 Å². The molecule has 0 aliphatic carbocycles. The molecule has 2 rings (SSSR count). The van der Waals surface area contributed by atoms with Crippen LogP contribution in [-0.2, 0) is 6.42 Å². The summed E-state index contributed by atoms with van der Waals surface area (Å²) in [5.41, 5.74) is -0.0826. The van der Waals surface area contributed by atoms with Crippen LogP contribution >= 0.6 is 0 Å². The number of imidazole rings is 1. The van der Waals surface area contributed by atoms with Gasteiger partial charge in [0, 0.05) is 12.5 Å². The molecule has 1 atom stereocenters. The summed E-state index contributed by atoms with van der Waals surface area (Å²) in [6, 6.07) is 0.385. The van der Waals surface area contributed by atoms with Crippen molar-refractivity contribution in [1.29, 1.82) is 0 Å². The molecule has 0 amide bonds. The van der Waals surface area contributed by atoms with Crippen molar-refractivity contribution in [2.45, 2.75) is 38.2 Å². The number of alkyl halides is 2. The normalized spacial score (nSPS) is 22.2. The number of halogens is 2. The topological polar surface area (TPSA) is 40.7 Å². The molecule has 1 saturated heterocycles. The summed E-state index contributed by atoms with van der Waals surface area (Å²) in [6.07, 6.45) is 3.00. The van der Waals surface area contributed by atoms with Gasteiger partial charge < -0.3 is 10.3 Å². The monoisotopic (exact) mass is 215 g/mol. The van der Waals surface area contributed by atoms with E-state index in [2.05, 4.69) is 15.3 Å². The first-order valence-corrected chi connectivity index (χ1v) is 5.31. The first-order chi connectivity index (χ1) is 7.25. The molecule has 2 heterocycles. The van der Waals surface area contributed by atoms with Crippen LogP contribution < -0.4 is 5.32 Å². The van der Waals surface area contributed by atoms with Crippen LogP contribution in [0.1, 0.15) is 37.2 Å². The SMILES string of the molecule is FC(F)c1cnc(CC2CCCCN2)[nH]1. The van der Waals surface area contributed by atoms with Gasteiger partial charge in [0.15, 0.2) is 0 Å². The van der Waals surface area contributed by atoms with Crippen LogP contribution in [-0.4, -0.2) is 22.6 Å². The Morgan fingerprint density at radius 2 is 2.33 bits per heavy atom. The van der Waals surface area contributed by atoms with E-state index in [0.717, 1.165) is 13.0 Å². The molecule has 0 bridgehead atoms. The Labute approximate surface area is 87.3 Å². The fourth-order valence-electron chi connectivity index (χ4n) is 1.92. The van der Waals surface area contributed by atoms with E-state index in [9.17, 15) is 8.78 Å². The molecule has 3 nitrogen and oxygen atoms in total. The van der Waals surface area contributed by atoms with E-state index in [1.807, 2.05) is 0 Å². The van der Waals surface area contributed by atoms with E-state index >= 15 is 0 Å². The van der Waals surface area contributed by atoms with Crippen LogP contribution in [0.3, 0.4) is 0 Å². The van der Waals surface area contributed by atoms with Gasteiger partial charge in [-0.1, -0.05) is 6.42 Å². The van der Waals surface area contributed by atoms with Gasteiger partial charge in [-0.3, -0.25) is 0 Å². The van der Waals surface area contributed by atoms with Gasteiger partial charge in [0.25, 0.3) is 6.43 Å². The van der Waals surface area contributed by atoms with E-state index < -0.39 is 6.43 Å². The standard InChI is InChI=1S/C10H15F2N3/c11-10(12)8-6-14-9(15-8)5-7-3-1-2-4-13-7/h6-7,10,13H,1-5H2,(H,14,15). The highest BCUT2D eigenvalue weighted by Gasteiger charge is 2.16. The minimum atomic E-state index is -2.45. The highest BCUT2D eigenvalue weighted by molar-refractivity contribution is 5.03. The van der Waals surface area contributed by atoms with Crippen molar-refractivity contribution in [1.82, 2.24) is 15.3 Å². The lowest BCUT2D eigenvalue weighted by Gasteiger charge is -2.22. The Morgan fingerprint density at radius 3 is 2.93 bits per heavy atom. The lowest BCUT2D eigenvalue weighted by atomic mass is 10.0. The van der Waals surface area contributed by atoms with Gasteiger partial charge >= 0.3 is 0 Å². The fourth-order valence-corrected chi connectivity index (χ4v) is 1.92.